The molecule has 1 aliphatic rings. The van der Waals surface area contributed by atoms with Crippen molar-refractivity contribution < 1.29 is 9.13 Å². The van der Waals surface area contributed by atoms with Gasteiger partial charge in [-0.2, -0.15) is 0 Å². The normalized spacial score (nSPS) is 18.4. The maximum absolute atomic E-state index is 15.0. The summed E-state index contributed by atoms with van der Waals surface area (Å²) in [5.74, 6) is -0.254. The fourth-order valence-corrected chi connectivity index (χ4v) is 4.66. The van der Waals surface area contributed by atoms with Crippen molar-refractivity contribution >= 4 is 17.2 Å². The van der Waals surface area contributed by atoms with Crippen LogP contribution in [0, 0.1) is 26.6 Å². The quantitative estimate of drug-likeness (QED) is 0.388. The molecule has 0 unspecified atom stereocenters. The van der Waals surface area contributed by atoms with E-state index >= 15 is 0 Å². The molecule has 34 heavy (non-hydrogen) atoms. The number of benzene rings is 1. The fraction of sp³-hybridized carbons (Fsp3) is 0.308. The van der Waals surface area contributed by atoms with Crippen LogP contribution in [0.15, 0.2) is 47.4 Å². The van der Waals surface area contributed by atoms with E-state index in [4.69, 9.17) is 21.3 Å². The van der Waals surface area contributed by atoms with Gasteiger partial charge in [0.25, 0.3) is 5.56 Å². The molecule has 2 atom stereocenters. The SMILES string of the molecule is Cc1cc([C@H]2C[C@@H](c3cc4nc(C)c(C)c(=O)n4c(-c4ccc(Cl)cc4F)n3)CCO2)ccn1. The minimum atomic E-state index is -0.541. The van der Waals surface area contributed by atoms with E-state index in [0.29, 0.717) is 29.9 Å². The number of halogens is 2. The van der Waals surface area contributed by atoms with Crippen LogP contribution >= 0.6 is 11.6 Å². The summed E-state index contributed by atoms with van der Waals surface area (Å²) in [6, 6.07) is 10.2. The van der Waals surface area contributed by atoms with Crippen molar-refractivity contribution in [1.29, 1.82) is 0 Å². The number of hydrogen-bond donors (Lipinski definition) is 0. The molecule has 1 aliphatic heterocycles. The molecule has 1 fully saturated rings. The molecule has 174 valence electrons. The molecule has 6 nitrogen and oxygen atoms in total. The minimum Gasteiger partial charge on any atom is -0.373 e. The highest BCUT2D eigenvalue weighted by Gasteiger charge is 2.28. The van der Waals surface area contributed by atoms with Gasteiger partial charge >= 0.3 is 0 Å². The predicted molar refractivity (Wildman–Crippen MR) is 129 cm³/mol. The largest absolute Gasteiger partial charge is 0.373 e. The van der Waals surface area contributed by atoms with Crippen LogP contribution < -0.4 is 5.56 Å². The molecule has 1 aromatic carbocycles. The number of aromatic nitrogens is 4. The molecular formula is C26H24ClFN4O2. The lowest BCUT2D eigenvalue weighted by Gasteiger charge is -2.30. The molecular weight excluding hydrogens is 455 g/mol. The average Bonchev–Trinajstić information content (AvgIpc) is 2.82. The van der Waals surface area contributed by atoms with E-state index in [2.05, 4.69) is 9.97 Å². The Bertz CT molecular complexity index is 1470. The molecule has 3 aromatic heterocycles. The fourth-order valence-electron chi connectivity index (χ4n) is 4.50. The average molecular weight is 479 g/mol. The van der Waals surface area contributed by atoms with Crippen LogP contribution in [0.25, 0.3) is 17.0 Å². The van der Waals surface area contributed by atoms with Gasteiger partial charge in [-0.3, -0.25) is 9.78 Å². The highest BCUT2D eigenvalue weighted by Crippen LogP contribution is 2.38. The summed E-state index contributed by atoms with van der Waals surface area (Å²) in [4.78, 5) is 26.9. The first-order chi connectivity index (χ1) is 16.3. The Morgan fingerprint density at radius 2 is 1.94 bits per heavy atom. The maximum atomic E-state index is 15.0. The Hall–Kier alpha value is -3.16. The topological polar surface area (TPSA) is 69.4 Å². The third-order valence-electron chi connectivity index (χ3n) is 6.47. The number of hydrogen-bond acceptors (Lipinski definition) is 5. The lowest BCUT2D eigenvalue weighted by Crippen LogP contribution is -2.24. The van der Waals surface area contributed by atoms with Crippen LogP contribution in [-0.4, -0.2) is 26.0 Å². The smallest absolute Gasteiger partial charge is 0.262 e. The third-order valence-corrected chi connectivity index (χ3v) is 6.70. The van der Waals surface area contributed by atoms with Crippen LogP contribution in [0.1, 0.15) is 53.1 Å². The number of pyridine rings is 1. The minimum absolute atomic E-state index is 0.0600. The predicted octanol–water partition coefficient (Wildman–Crippen LogP) is 5.50. The lowest BCUT2D eigenvalue weighted by atomic mass is 9.89. The third kappa shape index (κ3) is 4.10. The van der Waals surface area contributed by atoms with Gasteiger partial charge in [0, 0.05) is 52.5 Å². The van der Waals surface area contributed by atoms with E-state index in [9.17, 15) is 9.18 Å². The van der Waals surface area contributed by atoms with Gasteiger partial charge in [-0.1, -0.05) is 11.6 Å². The van der Waals surface area contributed by atoms with Crippen molar-refractivity contribution in [1.82, 2.24) is 19.4 Å². The van der Waals surface area contributed by atoms with Gasteiger partial charge in [0.15, 0.2) is 5.82 Å². The zero-order valence-electron chi connectivity index (χ0n) is 19.2. The second-order valence-corrected chi connectivity index (χ2v) is 9.20. The van der Waals surface area contributed by atoms with E-state index in [1.807, 2.05) is 25.1 Å². The molecule has 1 saturated heterocycles. The molecule has 0 spiro atoms. The van der Waals surface area contributed by atoms with Crippen molar-refractivity contribution in [3.63, 3.8) is 0 Å². The van der Waals surface area contributed by atoms with Crippen molar-refractivity contribution in [2.75, 3.05) is 6.61 Å². The van der Waals surface area contributed by atoms with Crippen LogP contribution in [0.2, 0.25) is 5.02 Å². The summed E-state index contributed by atoms with van der Waals surface area (Å²) < 4.78 is 22.4. The zero-order valence-corrected chi connectivity index (χ0v) is 19.9. The first-order valence-corrected chi connectivity index (χ1v) is 11.6. The molecule has 0 saturated carbocycles. The highest BCUT2D eigenvalue weighted by molar-refractivity contribution is 6.30. The van der Waals surface area contributed by atoms with E-state index in [1.54, 1.807) is 32.2 Å². The summed E-state index contributed by atoms with van der Waals surface area (Å²) in [7, 11) is 0. The van der Waals surface area contributed by atoms with Crippen LogP contribution in [0.3, 0.4) is 0 Å². The molecule has 0 radical (unpaired) electrons. The van der Waals surface area contributed by atoms with Gasteiger partial charge in [0.05, 0.1) is 11.7 Å². The van der Waals surface area contributed by atoms with Crippen molar-refractivity contribution in [2.24, 2.45) is 0 Å². The number of fused-ring (bicyclic) bond motifs is 1. The second kappa shape index (κ2) is 8.89. The van der Waals surface area contributed by atoms with Gasteiger partial charge < -0.3 is 4.74 Å². The molecule has 0 aliphatic carbocycles. The second-order valence-electron chi connectivity index (χ2n) is 8.76. The van der Waals surface area contributed by atoms with Gasteiger partial charge in [-0.05, 0) is 69.5 Å². The Kier molecular flexibility index (Phi) is 5.91. The Morgan fingerprint density at radius 1 is 1.12 bits per heavy atom. The monoisotopic (exact) mass is 478 g/mol. The van der Waals surface area contributed by atoms with Crippen LogP contribution in [-0.2, 0) is 4.74 Å². The lowest BCUT2D eigenvalue weighted by molar-refractivity contribution is 0.00457. The van der Waals surface area contributed by atoms with Crippen molar-refractivity contribution in [2.45, 2.75) is 45.6 Å². The maximum Gasteiger partial charge on any atom is 0.262 e. The molecule has 4 aromatic rings. The van der Waals surface area contributed by atoms with E-state index in [1.165, 1.54) is 10.5 Å². The standard InChI is InChI=1S/C26H24ClFN4O2/c1-14-10-18(6-8-29-14)23-11-17(7-9-34-23)22-13-24-30-16(3)15(2)26(33)32(24)25(31-22)20-5-4-19(27)12-21(20)28/h4-6,8,10,12-13,17,23H,7,9,11H2,1-3H3/t17-,23+/m0/s1. The van der Waals surface area contributed by atoms with E-state index < -0.39 is 5.82 Å². The van der Waals surface area contributed by atoms with Crippen LogP contribution in [0.4, 0.5) is 4.39 Å². The first kappa shape index (κ1) is 22.6. The van der Waals surface area contributed by atoms with Gasteiger partial charge in [-0.15, -0.1) is 0 Å². The Labute approximate surface area is 201 Å². The summed E-state index contributed by atoms with van der Waals surface area (Å²) in [6.45, 7) is 6.04. The Balaban J connectivity index is 1.66. The molecule has 4 heterocycles. The summed E-state index contributed by atoms with van der Waals surface area (Å²) in [6.07, 6.45) is 3.17. The number of ether oxygens (including phenoxy) is 1. The molecule has 8 heteroatoms. The molecule has 5 rings (SSSR count). The van der Waals surface area contributed by atoms with Gasteiger partial charge in [-0.25, -0.2) is 18.8 Å². The Morgan fingerprint density at radius 3 is 2.71 bits per heavy atom. The number of aryl methyl sites for hydroxylation is 2. The van der Waals surface area contributed by atoms with E-state index in [0.717, 1.165) is 23.4 Å². The first-order valence-electron chi connectivity index (χ1n) is 11.2. The summed E-state index contributed by atoms with van der Waals surface area (Å²) >= 11 is 5.98. The molecule has 0 N–H and O–H groups in total. The molecule has 0 bridgehead atoms. The van der Waals surface area contributed by atoms with Crippen molar-refractivity contribution in [3.8, 4) is 11.4 Å². The van der Waals surface area contributed by atoms with Crippen LogP contribution in [0.5, 0.6) is 0 Å². The number of nitrogens with zero attached hydrogens (tertiary/aromatic N) is 4. The van der Waals surface area contributed by atoms with Gasteiger partial charge in [0.2, 0.25) is 0 Å². The highest BCUT2D eigenvalue weighted by atomic mass is 35.5. The molecule has 0 amide bonds. The van der Waals surface area contributed by atoms with Crippen molar-refractivity contribution in [3.05, 3.63) is 92.0 Å². The van der Waals surface area contributed by atoms with E-state index in [-0.39, 0.29) is 34.0 Å². The summed E-state index contributed by atoms with van der Waals surface area (Å²) in [5.41, 5.74) is 4.30. The zero-order chi connectivity index (χ0) is 24.0. The van der Waals surface area contributed by atoms with Gasteiger partial charge in [0.1, 0.15) is 11.5 Å². The summed E-state index contributed by atoms with van der Waals surface area (Å²) in [5, 5.41) is 0.277. The number of rotatable bonds is 3.